The number of phenolic OH excluding ortho intramolecular Hbond substituents is 1. The van der Waals surface area contributed by atoms with Crippen LogP contribution in [0.15, 0.2) is 77.6 Å². The van der Waals surface area contributed by atoms with Gasteiger partial charge in [0, 0.05) is 18.8 Å². The molecule has 168 valence electrons. The minimum absolute atomic E-state index is 0.127. The summed E-state index contributed by atoms with van der Waals surface area (Å²) in [6.45, 7) is 6.89. The molecule has 5 nitrogen and oxygen atoms in total. The van der Waals surface area contributed by atoms with Gasteiger partial charge in [0.2, 0.25) is 0 Å². The highest BCUT2D eigenvalue weighted by Gasteiger charge is 2.22. The first kappa shape index (κ1) is 22.3. The molecule has 0 atom stereocenters. The minimum Gasteiger partial charge on any atom is -0.508 e. The molecule has 33 heavy (non-hydrogen) atoms. The van der Waals surface area contributed by atoms with E-state index in [9.17, 15) is 14.7 Å². The second-order valence-corrected chi connectivity index (χ2v) is 8.32. The molecular weight excluding hydrogens is 412 g/mol. The number of carbonyl (C=O) groups is 1. The second-order valence-electron chi connectivity index (χ2n) is 8.32. The van der Waals surface area contributed by atoms with Crippen LogP contribution >= 0.6 is 0 Å². The number of hydrogen-bond donors (Lipinski definition) is 1. The summed E-state index contributed by atoms with van der Waals surface area (Å²) in [4.78, 5) is 28.6. The van der Waals surface area contributed by atoms with Crippen LogP contribution in [0.25, 0.3) is 10.9 Å². The Hall–Kier alpha value is -3.86. The Morgan fingerprint density at radius 2 is 1.70 bits per heavy atom. The van der Waals surface area contributed by atoms with Crippen molar-refractivity contribution in [2.45, 2.75) is 33.7 Å². The summed E-state index contributed by atoms with van der Waals surface area (Å²) < 4.78 is 1.72. The number of aryl methyl sites for hydroxylation is 4. The lowest BCUT2D eigenvalue weighted by atomic mass is 10.0. The average molecular weight is 441 g/mol. The first-order valence-electron chi connectivity index (χ1n) is 11.2. The van der Waals surface area contributed by atoms with Crippen molar-refractivity contribution in [1.82, 2.24) is 4.57 Å². The molecule has 3 aromatic carbocycles. The number of anilines is 1. The van der Waals surface area contributed by atoms with Gasteiger partial charge >= 0.3 is 0 Å². The topological polar surface area (TPSA) is 62.5 Å². The second kappa shape index (κ2) is 9.33. The molecule has 0 aliphatic heterocycles. The lowest BCUT2D eigenvalue weighted by Gasteiger charge is -2.22. The predicted octanol–water partition coefficient (Wildman–Crippen LogP) is 5.23. The van der Waals surface area contributed by atoms with E-state index >= 15 is 0 Å². The maximum Gasteiger partial charge on any atom is 0.263 e. The van der Waals surface area contributed by atoms with E-state index in [1.165, 1.54) is 28.8 Å². The molecule has 1 heterocycles. The molecule has 0 radical (unpaired) electrons. The fraction of sp³-hybridized carbons (Fsp3) is 0.214. The number of rotatable bonds is 6. The van der Waals surface area contributed by atoms with Crippen LogP contribution in [0.1, 0.15) is 34.0 Å². The molecule has 0 fully saturated rings. The van der Waals surface area contributed by atoms with Gasteiger partial charge in [0.05, 0.1) is 5.52 Å². The highest BCUT2D eigenvalue weighted by molar-refractivity contribution is 6.07. The highest BCUT2D eigenvalue weighted by Crippen LogP contribution is 2.22. The van der Waals surface area contributed by atoms with Crippen molar-refractivity contribution >= 4 is 22.5 Å². The van der Waals surface area contributed by atoms with Crippen LogP contribution in [0.5, 0.6) is 5.75 Å². The lowest BCUT2D eigenvalue weighted by Crippen LogP contribution is -2.37. The van der Waals surface area contributed by atoms with Crippen LogP contribution in [0.3, 0.4) is 0 Å². The summed E-state index contributed by atoms with van der Waals surface area (Å²) in [5, 5.41) is 10.4. The number of phenols is 1. The standard InChI is InChI=1S/C28H28N2O3/c1-4-29(23-11-13-24(31)14-12-23)27(32)25-18-22-7-5-6-8-26(22)30(28(25)33)16-15-21-17-19(2)9-10-20(21)3/h5-14,17-18,31H,4,15-16H2,1-3H3. The largest absolute Gasteiger partial charge is 0.508 e. The van der Waals surface area contributed by atoms with E-state index in [0.29, 0.717) is 25.2 Å². The van der Waals surface area contributed by atoms with Crippen molar-refractivity contribution in [2.24, 2.45) is 0 Å². The van der Waals surface area contributed by atoms with Crippen molar-refractivity contribution in [3.63, 3.8) is 0 Å². The van der Waals surface area contributed by atoms with Gasteiger partial charge in [0.15, 0.2) is 0 Å². The Bertz CT molecular complexity index is 1370. The molecule has 0 unspecified atom stereocenters. The number of nitrogens with zero attached hydrogens (tertiary/aromatic N) is 2. The van der Waals surface area contributed by atoms with Crippen molar-refractivity contribution in [2.75, 3.05) is 11.4 Å². The van der Waals surface area contributed by atoms with Crippen LogP contribution in [0.2, 0.25) is 0 Å². The maximum absolute atomic E-state index is 13.6. The molecule has 0 bridgehead atoms. The highest BCUT2D eigenvalue weighted by atomic mass is 16.3. The van der Waals surface area contributed by atoms with Gasteiger partial charge in [-0.05, 0) is 80.1 Å². The molecule has 1 amide bonds. The lowest BCUT2D eigenvalue weighted by molar-refractivity contribution is 0.0986. The van der Waals surface area contributed by atoms with Crippen molar-refractivity contribution in [3.8, 4) is 5.75 Å². The monoisotopic (exact) mass is 440 g/mol. The van der Waals surface area contributed by atoms with E-state index in [4.69, 9.17) is 0 Å². The fourth-order valence-corrected chi connectivity index (χ4v) is 4.23. The Kier molecular flexibility index (Phi) is 6.31. The summed E-state index contributed by atoms with van der Waals surface area (Å²) >= 11 is 0. The van der Waals surface area contributed by atoms with E-state index in [1.54, 1.807) is 27.7 Å². The van der Waals surface area contributed by atoms with Gasteiger partial charge in [-0.25, -0.2) is 0 Å². The minimum atomic E-state index is -0.348. The van der Waals surface area contributed by atoms with Crippen LogP contribution in [0, 0.1) is 13.8 Å². The molecule has 1 aromatic heterocycles. The average Bonchev–Trinajstić information content (AvgIpc) is 2.81. The quantitative estimate of drug-likeness (QED) is 0.446. The number of aromatic nitrogens is 1. The van der Waals surface area contributed by atoms with Crippen molar-refractivity contribution in [1.29, 1.82) is 0 Å². The SMILES string of the molecule is CCN(C(=O)c1cc2ccccc2n(CCc2cc(C)ccc2C)c1=O)c1ccc(O)cc1. The molecular formula is C28H28N2O3. The molecule has 0 aliphatic rings. The molecule has 4 aromatic rings. The number of pyridine rings is 1. The van der Waals surface area contributed by atoms with Gasteiger partial charge in [-0.3, -0.25) is 9.59 Å². The Balaban J connectivity index is 1.77. The number of carbonyl (C=O) groups excluding carboxylic acids is 1. The Morgan fingerprint density at radius 3 is 2.42 bits per heavy atom. The first-order chi connectivity index (χ1) is 15.9. The zero-order chi connectivity index (χ0) is 23.5. The smallest absolute Gasteiger partial charge is 0.263 e. The number of para-hydroxylation sites is 1. The third-order valence-electron chi connectivity index (χ3n) is 6.07. The summed E-state index contributed by atoms with van der Waals surface area (Å²) in [6, 6.07) is 22.1. The van der Waals surface area contributed by atoms with Crippen LogP contribution in [0.4, 0.5) is 5.69 Å². The number of amides is 1. The van der Waals surface area contributed by atoms with Crippen LogP contribution < -0.4 is 10.5 Å². The van der Waals surface area contributed by atoms with Crippen molar-refractivity contribution < 1.29 is 9.90 Å². The van der Waals surface area contributed by atoms with Crippen molar-refractivity contribution in [3.05, 3.63) is 105 Å². The first-order valence-corrected chi connectivity index (χ1v) is 11.2. The number of benzene rings is 3. The van der Waals surface area contributed by atoms with E-state index in [-0.39, 0.29) is 22.8 Å². The molecule has 0 saturated carbocycles. The van der Waals surface area contributed by atoms with Gasteiger partial charge in [-0.2, -0.15) is 0 Å². The third-order valence-corrected chi connectivity index (χ3v) is 6.07. The Labute approximate surface area is 193 Å². The zero-order valence-electron chi connectivity index (χ0n) is 19.2. The van der Waals surface area contributed by atoms with E-state index in [0.717, 1.165) is 10.9 Å². The molecule has 1 N–H and O–H groups in total. The zero-order valence-corrected chi connectivity index (χ0v) is 19.2. The molecule has 0 spiro atoms. The maximum atomic E-state index is 13.6. The van der Waals surface area contributed by atoms with Gasteiger partial charge < -0.3 is 14.6 Å². The summed E-state index contributed by atoms with van der Waals surface area (Å²) in [5.41, 5.74) is 4.87. The predicted molar refractivity (Wildman–Crippen MR) is 133 cm³/mol. The van der Waals surface area contributed by atoms with Crippen LogP contribution in [-0.2, 0) is 13.0 Å². The molecule has 5 heteroatoms. The number of fused-ring (bicyclic) bond motifs is 1. The van der Waals surface area contributed by atoms with E-state index in [2.05, 4.69) is 32.0 Å². The fourth-order valence-electron chi connectivity index (χ4n) is 4.23. The van der Waals surface area contributed by atoms with Gasteiger partial charge in [0.1, 0.15) is 11.3 Å². The van der Waals surface area contributed by atoms with E-state index < -0.39 is 0 Å². The van der Waals surface area contributed by atoms with Gasteiger partial charge in [0.25, 0.3) is 11.5 Å². The number of hydrogen-bond acceptors (Lipinski definition) is 3. The third kappa shape index (κ3) is 4.53. The van der Waals surface area contributed by atoms with Gasteiger partial charge in [-0.1, -0.05) is 42.0 Å². The number of aromatic hydroxyl groups is 1. The Morgan fingerprint density at radius 1 is 0.970 bits per heavy atom. The summed E-state index contributed by atoms with van der Waals surface area (Å²) in [5.74, 6) is -0.221. The molecule has 0 aliphatic carbocycles. The van der Waals surface area contributed by atoms with Gasteiger partial charge in [-0.15, -0.1) is 0 Å². The summed E-state index contributed by atoms with van der Waals surface area (Å²) in [6.07, 6.45) is 0.699. The normalized spacial score (nSPS) is 11.0. The molecule has 4 rings (SSSR count). The van der Waals surface area contributed by atoms with E-state index in [1.807, 2.05) is 31.2 Å². The van der Waals surface area contributed by atoms with Crippen LogP contribution in [-0.4, -0.2) is 22.1 Å². The molecule has 0 saturated heterocycles. The summed E-state index contributed by atoms with van der Waals surface area (Å²) in [7, 11) is 0.